The van der Waals surface area contributed by atoms with Crippen LogP contribution >= 0.6 is 0 Å². The van der Waals surface area contributed by atoms with Crippen molar-refractivity contribution in [3.8, 4) is 0 Å². The van der Waals surface area contributed by atoms with E-state index in [0.29, 0.717) is 23.9 Å². The molecule has 2 unspecified atom stereocenters. The second-order valence-corrected chi connectivity index (χ2v) is 6.08. The van der Waals surface area contributed by atoms with Crippen LogP contribution < -0.4 is 0 Å². The number of piperidine rings is 1. The molecule has 2 aliphatic rings. The van der Waals surface area contributed by atoms with Gasteiger partial charge in [-0.05, 0) is 37.8 Å². The van der Waals surface area contributed by atoms with Gasteiger partial charge in [0.05, 0.1) is 6.10 Å². The summed E-state index contributed by atoms with van der Waals surface area (Å²) in [5, 5.41) is 0.986. The smallest absolute Gasteiger partial charge is 0.290 e. The highest BCUT2D eigenvalue weighted by molar-refractivity contribution is 5.96. The maximum Gasteiger partial charge on any atom is 0.290 e. The number of fused-ring (bicyclic) bond motifs is 3. The Bertz CT molecular complexity index is 630. The molecule has 3 heterocycles. The molecule has 2 aliphatic heterocycles. The number of ether oxygens (including phenoxy) is 1. The van der Waals surface area contributed by atoms with Crippen LogP contribution in [0.2, 0.25) is 0 Å². The summed E-state index contributed by atoms with van der Waals surface area (Å²) in [5.74, 6) is 0.497. The van der Waals surface area contributed by atoms with Gasteiger partial charge in [0.15, 0.2) is 5.76 Å². The molecule has 2 saturated heterocycles. The fourth-order valence-electron chi connectivity index (χ4n) is 3.87. The van der Waals surface area contributed by atoms with Gasteiger partial charge in [0, 0.05) is 24.6 Å². The fraction of sp³-hybridized carbons (Fsp3) is 0.471. The van der Waals surface area contributed by atoms with E-state index in [1.54, 1.807) is 7.11 Å². The van der Waals surface area contributed by atoms with Crippen LogP contribution in [0.4, 0.5) is 0 Å². The van der Waals surface area contributed by atoms with Crippen LogP contribution in [0, 0.1) is 0 Å². The summed E-state index contributed by atoms with van der Waals surface area (Å²) in [4.78, 5) is 14.9. The van der Waals surface area contributed by atoms with Gasteiger partial charge >= 0.3 is 0 Å². The summed E-state index contributed by atoms with van der Waals surface area (Å²) in [6.07, 6.45) is 4.34. The van der Waals surface area contributed by atoms with Gasteiger partial charge in [-0.3, -0.25) is 4.79 Å². The van der Waals surface area contributed by atoms with E-state index in [1.165, 1.54) is 0 Å². The number of methoxy groups -OCH3 is 1. The maximum absolute atomic E-state index is 12.8. The minimum Gasteiger partial charge on any atom is -0.451 e. The van der Waals surface area contributed by atoms with E-state index >= 15 is 0 Å². The highest BCUT2D eigenvalue weighted by Crippen LogP contribution is 2.38. The largest absolute Gasteiger partial charge is 0.451 e. The highest BCUT2D eigenvalue weighted by atomic mass is 16.5. The third-order valence-corrected chi connectivity index (χ3v) is 4.89. The lowest BCUT2D eigenvalue weighted by atomic mass is 9.99. The number of carbonyl (C=O) groups excluding carboxylic acids is 1. The first-order valence-corrected chi connectivity index (χ1v) is 7.60. The molecule has 2 atom stereocenters. The summed E-state index contributed by atoms with van der Waals surface area (Å²) >= 11 is 0. The number of hydrogen-bond acceptors (Lipinski definition) is 3. The Hall–Kier alpha value is -1.81. The summed E-state index contributed by atoms with van der Waals surface area (Å²) in [6.45, 7) is 0. The summed E-state index contributed by atoms with van der Waals surface area (Å²) < 4.78 is 11.2. The van der Waals surface area contributed by atoms with Crippen molar-refractivity contribution in [2.75, 3.05) is 7.11 Å². The number of para-hydroxylation sites is 1. The molecule has 1 aromatic carbocycles. The van der Waals surface area contributed by atoms with Crippen LogP contribution in [0.1, 0.15) is 36.2 Å². The van der Waals surface area contributed by atoms with Crippen LogP contribution in [-0.4, -0.2) is 36.1 Å². The lowest BCUT2D eigenvalue weighted by Gasteiger charge is -2.37. The van der Waals surface area contributed by atoms with E-state index in [9.17, 15) is 4.79 Å². The van der Waals surface area contributed by atoms with Gasteiger partial charge in [0.2, 0.25) is 0 Å². The van der Waals surface area contributed by atoms with Crippen molar-refractivity contribution in [1.29, 1.82) is 0 Å². The normalized spacial score (nSPS) is 28.2. The molecule has 4 heteroatoms. The molecule has 1 aromatic heterocycles. The zero-order valence-corrected chi connectivity index (χ0v) is 12.1. The first kappa shape index (κ1) is 12.9. The Morgan fingerprint density at radius 1 is 1.24 bits per heavy atom. The SMILES string of the molecule is COC1CC2CCC(C1)N2C(=O)c1cc2ccccc2o1. The Kier molecular flexibility index (Phi) is 3.00. The minimum absolute atomic E-state index is 0.0354. The van der Waals surface area contributed by atoms with Crippen molar-refractivity contribution in [3.63, 3.8) is 0 Å². The summed E-state index contributed by atoms with van der Waals surface area (Å²) in [6, 6.07) is 10.2. The maximum atomic E-state index is 12.8. The van der Waals surface area contributed by atoms with Gasteiger partial charge in [-0.25, -0.2) is 0 Å². The van der Waals surface area contributed by atoms with Gasteiger partial charge in [0.25, 0.3) is 5.91 Å². The lowest BCUT2D eigenvalue weighted by Crippen LogP contribution is -2.48. The monoisotopic (exact) mass is 285 g/mol. The van der Waals surface area contributed by atoms with Crippen LogP contribution in [0.25, 0.3) is 11.0 Å². The van der Waals surface area contributed by atoms with E-state index < -0.39 is 0 Å². The van der Waals surface area contributed by atoms with Crippen molar-refractivity contribution >= 4 is 16.9 Å². The first-order chi connectivity index (χ1) is 10.3. The average Bonchev–Trinajstić information content (AvgIpc) is 3.05. The molecule has 110 valence electrons. The van der Waals surface area contributed by atoms with Crippen LogP contribution in [-0.2, 0) is 4.74 Å². The van der Waals surface area contributed by atoms with Crippen LogP contribution in [0.15, 0.2) is 34.7 Å². The molecule has 0 radical (unpaired) electrons. The highest BCUT2D eigenvalue weighted by Gasteiger charge is 2.44. The van der Waals surface area contributed by atoms with Crippen molar-refractivity contribution in [3.05, 3.63) is 36.1 Å². The minimum atomic E-state index is 0.0354. The second-order valence-electron chi connectivity index (χ2n) is 6.08. The van der Waals surface area contributed by atoms with Crippen molar-refractivity contribution in [2.45, 2.75) is 43.9 Å². The predicted molar refractivity (Wildman–Crippen MR) is 79.2 cm³/mol. The number of furan rings is 1. The van der Waals surface area contributed by atoms with E-state index in [0.717, 1.165) is 36.7 Å². The fourth-order valence-corrected chi connectivity index (χ4v) is 3.87. The van der Waals surface area contributed by atoms with E-state index in [4.69, 9.17) is 9.15 Å². The number of amides is 1. The van der Waals surface area contributed by atoms with Gasteiger partial charge in [0.1, 0.15) is 5.58 Å². The summed E-state index contributed by atoms with van der Waals surface area (Å²) in [5.41, 5.74) is 0.778. The average molecular weight is 285 g/mol. The number of rotatable bonds is 2. The van der Waals surface area contributed by atoms with Gasteiger partial charge in [-0.2, -0.15) is 0 Å². The molecule has 4 nitrogen and oxygen atoms in total. The third kappa shape index (κ3) is 2.05. The first-order valence-electron chi connectivity index (χ1n) is 7.60. The molecule has 0 saturated carbocycles. The van der Waals surface area contributed by atoms with Gasteiger partial charge in [-0.15, -0.1) is 0 Å². The van der Waals surface area contributed by atoms with E-state index in [1.807, 2.05) is 35.2 Å². The lowest BCUT2D eigenvalue weighted by molar-refractivity contribution is 0.00687. The molecule has 1 amide bonds. The standard InChI is InChI=1S/C17H19NO3/c1-20-14-9-12-6-7-13(10-14)18(12)17(19)16-8-11-4-2-3-5-15(11)21-16/h2-5,8,12-14H,6-7,9-10H2,1H3. The quantitative estimate of drug-likeness (QED) is 0.851. The Balaban J connectivity index is 1.63. The molecule has 4 rings (SSSR count). The Morgan fingerprint density at radius 3 is 2.62 bits per heavy atom. The molecular formula is C17H19NO3. The van der Waals surface area contributed by atoms with Crippen LogP contribution in [0.3, 0.4) is 0 Å². The molecule has 2 bridgehead atoms. The zero-order chi connectivity index (χ0) is 14.4. The molecule has 0 N–H and O–H groups in total. The van der Waals surface area contributed by atoms with Gasteiger partial charge in [-0.1, -0.05) is 18.2 Å². The van der Waals surface area contributed by atoms with E-state index in [-0.39, 0.29) is 5.91 Å². The molecule has 0 aliphatic carbocycles. The Labute approximate surface area is 123 Å². The zero-order valence-electron chi connectivity index (χ0n) is 12.1. The number of carbonyl (C=O) groups is 1. The van der Waals surface area contributed by atoms with E-state index in [2.05, 4.69) is 0 Å². The van der Waals surface area contributed by atoms with Crippen molar-refractivity contribution in [1.82, 2.24) is 4.90 Å². The third-order valence-electron chi connectivity index (χ3n) is 4.89. The van der Waals surface area contributed by atoms with Crippen molar-refractivity contribution < 1.29 is 13.9 Å². The molecule has 2 aromatic rings. The predicted octanol–water partition coefficient (Wildman–Crippen LogP) is 3.21. The topological polar surface area (TPSA) is 42.7 Å². The number of benzene rings is 1. The van der Waals surface area contributed by atoms with Crippen LogP contribution in [0.5, 0.6) is 0 Å². The molecule has 0 spiro atoms. The Morgan fingerprint density at radius 2 is 1.95 bits per heavy atom. The second kappa shape index (κ2) is 4.88. The van der Waals surface area contributed by atoms with Crippen molar-refractivity contribution in [2.24, 2.45) is 0 Å². The van der Waals surface area contributed by atoms with Gasteiger partial charge < -0.3 is 14.1 Å². The number of hydrogen-bond donors (Lipinski definition) is 0. The summed E-state index contributed by atoms with van der Waals surface area (Å²) in [7, 11) is 1.76. The molecular weight excluding hydrogens is 266 g/mol. The molecule has 2 fully saturated rings. The molecule has 21 heavy (non-hydrogen) atoms. The number of nitrogens with zero attached hydrogens (tertiary/aromatic N) is 1.